The zero-order valence-corrected chi connectivity index (χ0v) is 18.6. The number of carbonyl (C=O) groups is 1. The van der Waals surface area contributed by atoms with E-state index in [9.17, 15) is 13.2 Å². The number of hydrogen-bond acceptors (Lipinski definition) is 4. The van der Waals surface area contributed by atoms with Crippen LogP contribution in [0.1, 0.15) is 18.4 Å². The summed E-state index contributed by atoms with van der Waals surface area (Å²) in [7, 11) is -3.60. The third kappa shape index (κ3) is 7.42. The maximum absolute atomic E-state index is 12.2. The first-order valence-corrected chi connectivity index (χ1v) is 11.7. The number of aryl methyl sites for hydroxylation is 1. The fourth-order valence-corrected chi connectivity index (χ4v) is 4.40. The number of ether oxygens (including phenoxy) is 1. The van der Waals surface area contributed by atoms with Crippen LogP contribution in [0.3, 0.4) is 0 Å². The summed E-state index contributed by atoms with van der Waals surface area (Å²) in [6, 6.07) is 12.4. The van der Waals surface area contributed by atoms with Crippen molar-refractivity contribution in [2.75, 3.05) is 30.3 Å². The number of amides is 1. The second kappa shape index (κ2) is 10.7. The summed E-state index contributed by atoms with van der Waals surface area (Å²) in [5.41, 5.74) is 1.32. The predicted octanol–water partition coefficient (Wildman–Crippen LogP) is 4.04. The molecule has 0 radical (unpaired) electrons. The molecule has 0 bridgehead atoms. The molecule has 0 atom stereocenters. The lowest BCUT2D eigenvalue weighted by Gasteiger charge is -2.24. The van der Waals surface area contributed by atoms with E-state index in [1.807, 2.05) is 31.2 Å². The molecule has 2 aromatic carbocycles. The Hall–Kier alpha value is -1.96. The molecule has 0 aliphatic heterocycles. The van der Waals surface area contributed by atoms with E-state index in [2.05, 4.69) is 5.32 Å². The highest BCUT2D eigenvalue weighted by Gasteiger charge is 2.22. The van der Waals surface area contributed by atoms with Crippen molar-refractivity contribution >= 4 is 44.8 Å². The van der Waals surface area contributed by atoms with Crippen LogP contribution in [0.5, 0.6) is 5.75 Å². The van der Waals surface area contributed by atoms with Crippen molar-refractivity contribution in [1.29, 1.82) is 0 Å². The number of sulfonamides is 1. The van der Waals surface area contributed by atoms with E-state index in [0.717, 1.165) is 21.9 Å². The van der Waals surface area contributed by atoms with Gasteiger partial charge in [0, 0.05) is 13.0 Å². The largest absolute Gasteiger partial charge is 0.492 e. The lowest BCUT2D eigenvalue weighted by Crippen LogP contribution is -2.33. The minimum Gasteiger partial charge on any atom is -0.492 e. The summed E-state index contributed by atoms with van der Waals surface area (Å²) in [6.07, 6.45) is 1.56. The molecule has 6 nitrogen and oxygen atoms in total. The summed E-state index contributed by atoms with van der Waals surface area (Å²) >= 11 is 12.3. The molecule has 0 spiro atoms. The van der Waals surface area contributed by atoms with Gasteiger partial charge in [-0.05, 0) is 43.2 Å². The van der Waals surface area contributed by atoms with Crippen LogP contribution in [0.4, 0.5) is 5.69 Å². The summed E-state index contributed by atoms with van der Waals surface area (Å²) in [5, 5.41) is 3.23. The molecular weight excluding hydrogens is 435 g/mol. The molecular formula is C20H24Cl2N2O4S. The zero-order chi connectivity index (χ0) is 21.4. The summed E-state index contributed by atoms with van der Waals surface area (Å²) in [5.74, 6) is 0.566. The highest BCUT2D eigenvalue weighted by atomic mass is 35.5. The van der Waals surface area contributed by atoms with Gasteiger partial charge in [-0.25, -0.2) is 8.42 Å². The van der Waals surface area contributed by atoms with E-state index in [1.54, 1.807) is 18.2 Å². The minimum atomic E-state index is -3.60. The Morgan fingerprint density at radius 2 is 1.79 bits per heavy atom. The van der Waals surface area contributed by atoms with Gasteiger partial charge in [-0.2, -0.15) is 0 Å². The lowest BCUT2D eigenvalue weighted by atomic mass is 10.2. The molecule has 0 saturated heterocycles. The quantitative estimate of drug-likeness (QED) is 0.544. The Morgan fingerprint density at radius 1 is 1.14 bits per heavy atom. The Balaban J connectivity index is 1.81. The van der Waals surface area contributed by atoms with Gasteiger partial charge in [-0.15, -0.1) is 0 Å². The molecule has 2 aromatic rings. The smallest absolute Gasteiger partial charge is 0.232 e. The minimum absolute atomic E-state index is 0.0928. The standard InChI is InChI=1S/C20H24Cl2N2O4S/c1-15-6-3-7-16(14-15)28-13-11-23-19(25)10-5-12-24(29(2,26)27)20-17(21)8-4-9-18(20)22/h3-4,6-9,14H,5,10-13H2,1-2H3,(H,23,25). The lowest BCUT2D eigenvalue weighted by molar-refractivity contribution is -0.121. The summed E-state index contributed by atoms with van der Waals surface area (Å²) in [6.45, 7) is 2.78. The number of carbonyl (C=O) groups excluding carboxylic acids is 1. The second-order valence-electron chi connectivity index (χ2n) is 6.52. The molecule has 0 saturated carbocycles. The third-order valence-corrected chi connectivity index (χ3v) is 5.81. The van der Waals surface area contributed by atoms with Crippen molar-refractivity contribution < 1.29 is 17.9 Å². The Kier molecular flexibility index (Phi) is 8.61. The second-order valence-corrected chi connectivity index (χ2v) is 9.25. The molecule has 0 aliphatic carbocycles. The van der Waals surface area contributed by atoms with Gasteiger partial charge >= 0.3 is 0 Å². The number of halogens is 2. The Morgan fingerprint density at radius 3 is 2.41 bits per heavy atom. The predicted molar refractivity (Wildman–Crippen MR) is 118 cm³/mol. The maximum Gasteiger partial charge on any atom is 0.232 e. The molecule has 29 heavy (non-hydrogen) atoms. The number of para-hydroxylation sites is 1. The van der Waals surface area contributed by atoms with Crippen LogP contribution in [-0.2, 0) is 14.8 Å². The SMILES string of the molecule is Cc1cccc(OCCNC(=O)CCCN(c2c(Cl)cccc2Cl)S(C)(=O)=O)c1. The average Bonchev–Trinajstić information content (AvgIpc) is 2.63. The van der Waals surface area contributed by atoms with Gasteiger partial charge in [0.15, 0.2) is 0 Å². The highest BCUT2D eigenvalue weighted by molar-refractivity contribution is 7.92. The van der Waals surface area contributed by atoms with E-state index in [-0.39, 0.29) is 34.6 Å². The first-order chi connectivity index (χ1) is 13.7. The van der Waals surface area contributed by atoms with Crippen LogP contribution >= 0.6 is 23.2 Å². The Bertz CT molecular complexity index is 931. The average molecular weight is 459 g/mol. The van der Waals surface area contributed by atoms with E-state index >= 15 is 0 Å². The number of rotatable bonds is 10. The molecule has 0 aromatic heterocycles. The van der Waals surface area contributed by atoms with Crippen molar-refractivity contribution in [2.45, 2.75) is 19.8 Å². The molecule has 158 valence electrons. The van der Waals surface area contributed by atoms with Crippen LogP contribution in [0, 0.1) is 6.92 Å². The molecule has 1 amide bonds. The molecule has 0 unspecified atom stereocenters. The van der Waals surface area contributed by atoms with Crippen LogP contribution < -0.4 is 14.4 Å². The molecule has 0 fully saturated rings. The van der Waals surface area contributed by atoms with Crippen LogP contribution in [0.15, 0.2) is 42.5 Å². The molecule has 1 N–H and O–H groups in total. The zero-order valence-electron chi connectivity index (χ0n) is 16.3. The summed E-state index contributed by atoms with van der Waals surface area (Å²) < 4.78 is 31.1. The Labute approximate surface area is 181 Å². The van der Waals surface area contributed by atoms with E-state index in [0.29, 0.717) is 19.6 Å². The van der Waals surface area contributed by atoms with Crippen LogP contribution in [-0.4, -0.2) is 40.3 Å². The van der Waals surface area contributed by atoms with Gasteiger partial charge in [0.1, 0.15) is 12.4 Å². The third-order valence-electron chi connectivity index (χ3n) is 4.03. The van der Waals surface area contributed by atoms with Crippen LogP contribution in [0.2, 0.25) is 10.0 Å². The van der Waals surface area contributed by atoms with Gasteiger partial charge < -0.3 is 10.1 Å². The monoisotopic (exact) mass is 458 g/mol. The van der Waals surface area contributed by atoms with Crippen molar-refractivity contribution in [2.24, 2.45) is 0 Å². The topological polar surface area (TPSA) is 75.7 Å². The van der Waals surface area contributed by atoms with E-state index in [1.165, 1.54) is 0 Å². The molecule has 0 heterocycles. The number of nitrogens with one attached hydrogen (secondary N) is 1. The number of anilines is 1. The van der Waals surface area contributed by atoms with Gasteiger partial charge in [0.25, 0.3) is 0 Å². The highest BCUT2D eigenvalue weighted by Crippen LogP contribution is 2.35. The first-order valence-electron chi connectivity index (χ1n) is 9.06. The van der Waals surface area contributed by atoms with E-state index < -0.39 is 10.0 Å². The van der Waals surface area contributed by atoms with Crippen LogP contribution in [0.25, 0.3) is 0 Å². The van der Waals surface area contributed by atoms with Crippen molar-refractivity contribution in [3.63, 3.8) is 0 Å². The van der Waals surface area contributed by atoms with Crippen molar-refractivity contribution in [3.8, 4) is 5.75 Å². The maximum atomic E-state index is 12.2. The first kappa shape index (κ1) is 23.3. The number of hydrogen-bond donors (Lipinski definition) is 1. The fourth-order valence-electron chi connectivity index (χ4n) is 2.71. The van der Waals surface area contributed by atoms with E-state index in [4.69, 9.17) is 27.9 Å². The molecule has 2 rings (SSSR count). The van der Waals surface area contributed by atoms with Gasteiger partial charge in [0.2, 0.25) is 15.9 Å². The molecule has 9 heteroatoms. The van der Waals surface area contributed by atoms with Gasteiger partial charge in [-0.3, -0.25) is 9.10 Å². The van der Waals surface area contributed by atoms with Crippen molar-refractivity contribution in [1.82, 2.24) is 5.32 Å². The summed E-state index contributed by atoms with van der Waals surface area (Å²) in [4.78, 5) is 12.0. The van der Waals surface area contributed by atoms with Crippen molar-refractivity contribution in [3.05, 3.63) is 58.1 Å². The molecule has 0 aliphatic rings. The van der Waals surface area contributed by atoms with Gasteiger partial charge in [0.05, 0.1) is 28.5 Å². The number of nitrogens with zero attached hydrogens (tertiary/aromatic N) is 1. The van der Waals surface area contributed by atoms with Gasteiger partial charge in [-0.1, -0.05) is 41.4 Å². The number of benzene rings is 2. The normalized spacial score (nSPS) is 11.2. The fraction of sp³-hybridized carbons (Fsp3) is 0.350.